The van der Waals surface area contributed by atoms with E-state index in [-0.39, 0.29) is 5.91 Å². The second-order valence-corrected chi connectivity index (χ2v) is 6.06. The monoisotopic (exact) mass is 274 g/mol. The molecule has 1 aliphatic heterocycles. The van der Waals surface area contributed by atoms with E-state index in [0.717, 1.165) is 5.56 Å². The third-order valence-electron chi connectivity index (χ3n) is 4.31. The van der Waals surface area contributed by atoms with Gasteiger partial charge in [-0.25, -0.2) is 0 Å². The molecular formula is C17H26N2O. The molecule has 0 aromatic heterocycles. The molecule has 0 aliphatic carbocycles. The molecule has 1 fully saturated rings. The van der Waals surface area contributed by atoms with Crippen molar-refractivity contribution in [2.75, 3.05) is 6.54 Å². The summed E-state index contributed by atoms with van der Waals surface area (Å²) in [4.78, 5) is 14.4. The summed E-state index contributed by atoms with van der Waals surface area (Å²) in [7, 11) is 0. The van der Waals surface area contributed by atoms with E-state index in [0.29, 0.717) is 25.2 Å². The third-order valence-corrected chi connectivity index (χ3v) is 4.31. The van der Waals surface area contributed by atoms with Crippen molar-refractivity contribution in [3.05, 3.63) is 35.4 Å². The molecule has 0 bridgehead atoms. The molecule has 1 aliphatic rings. The molecule has 110 valence electrons. The second-order valence-electron chi connectivity index (χ2n) is 6.06. The molecule has 2 atom stereocenters. The van der Waals surface area contributed by atoms with Crippen LogP contribution in [0.3, 0.4) is 0 Å². The van der Waals surface area contributed by atoms with Crippen molar-refractivity contribution in [3.8, 4) is 0 Å². The standard InChI is InChI=1S/C17H26N2O/c1-13-7-9-16(10-8-13)11-18-17(20)12-19-14(2)5-4-6-15(19)3/h7-10,14-15H,4-6,11-12H2,1-3H3,(H,18,20)/t14-,15+. The van der Waals surface area contributed by atoms with Gasteiger partial charge < -0.3 is 5.32 Å². The van der Waals surface area contributed by atoms with Crippen LogP contribution < -0.4 is 5.32 Å². The number of likely N-dealkylation sites (tertiary alicyclic amines) is 1. The zero-order chi connectivity index (χ0) is 14.5. The highest BCUT2D eigenvalue weighted by molar-refractivity contribution is 5.78. The van der Waals surface area contributed by atoms with Gasteiger partial charge in [-0.2, -0.15) is 0 Å². The molecule has 0 radical (unpaired) electrons. The molecule has 1 heterocycles. The van der Waals surface area contributed by atoms with Crippen molar-refractivity contribution >= 4 is 5.91 Å². The van der Waals surface area contributed by atoms with Gasteiger partial charge in [0.2, 0.25) is 5.91 Å². The second kappa shape index (κ2) is 6.89. The number of aryl methyl sites for hydroxylation is 1. The fraction of sp³-hybridized carbons (Fsp3) is 0.588. The van der Waals surface area contributed by atoms with Gasteiger partial charge in [0.1, 0.15) is 0 Å². The molecule has 1 saturated heterocycles. The maximum absolute atomic E-state index is 12.1. The number of rotatable bonds is 4. The minimum Gasteiger partial charge on any atom is -0.351 e. The summed E-state index contributed by atoms with van der Waals surface area (Å²) in [5.41, 5.74) is 2.40. The lowest BCUT2D eigenvalue weighted by molar-refractivity contribution is -0.124. The zero-order valence-corrected chi connectivity index (χ0v) is 12.9. The number of nitrogens with one attached hydrogen (secondary N) is 1. The Morgan fingerprint density at radius 3 is 2.40 bits per heavy atom. The summed E-state index contributed by atoms with van der Waals surface area (Å²) in [5, 5.41) is 3.03. The van der Waals surface area contributed by atoms with Gasteiger partial charge in [0.15, 0.2) is 0 Å². The Morgan fingerprint density at radius 1 is 1.20 bits per heavy atom. The Hall–Kier alpha value is -1.35. The Morgan fingerprint density at radius 2 is 1.80 bits per heavy atom. The number of carbonyl (C=O) groups is 1. The van der Waals surface area contributed by atoms with E-state index in [1.807, 2.05) is 0 Å². The van der Waals surface area contributed by atoms with Crippen LogP contribution in [-0.2, 0) is 11.3 Å². The molecule has 20 heavy (non-hydrogen) atoms. The average Bonchev–Trinajstić information content (AvgIpc) is 2.42. The number of benzene rings is 1. The number of nitrogens with zero attached hydrogens (tertiary/aromatic N) is 1. The van der Waals surface area contributed by atoms with Gasteiger partial charge in [0.05, 0.1) is 6.54 Å². The van der Waals surface area contributed by atoms with Crippen LogP contribution in [0.15, 0.2) is 24.3 Å². The van der Waals surface area contributed by atoms with Crippen molar-refractivity contribution in [1.29, 1.82) is 0 Å². The Labute approximate surface area is 122 Å². The zero-order valence-electron chi connectivity index (χ0n) is 12.9. The first-order chi connectivity index (χ1) is 9.56. The average molecular weight is 274 g/mol. The quantitative estimate of drug-likeness (QED) is 0.915. The Balaban J connectivity index is 1.81. The first-order valence-corrected chi connectivity index (χ1v) is 7.64. The van der Waals surface area contributed by atoms with Crippen LogP contribution in [0.4, 0.5) is 0 Å². The van der Waals surface area contributed by atoms with Crippen LogP contribution in [0.2, 0.25) is 0 Å². The first kappa shape index (κ1) is 15.0. The third kappa shape index (κ3) is 4.07. The number of carbonyl (C=O) groups excluding carboxylic acids is 1. The van der Waals surface area contributed by atoms with Crippen LogP contribution in [0.1, 0.15) is 44.2 Å². The number of amides is 1. The molecule has 0 unspecified atom stereocenters. The minimum absolute atomic E-state index is 0.131. The van der Waals surface area contributed by atoms with E-state index in [1.54, 1.807) is 0 Å². The minimum atomic E-state index is 0.131. The predicted molar refractivity (Wildman–Crippen MR) is 82.5 cm³/mol. The van der Waals surface area contributed by atoms with Crippen LogP contribution in [0.5, 0.6) is 0 Å². The molecule has 0 saturated carbocycles. The van der Waals surface area contributed by atoms with Crippen molar-refractivity contribution in [1.82, 2.24) is 10.2 Å². The molecule has 1 aromatic rings. The fourth-order valence-electron chi connectivity index (χ4n) is 2.91. The topological polar surface area (TPSA) is 32.3 Å². The highest BCUT2D eigenvalue weighted by atomic mass is 16.2. The van der Waals surface area contributed by atoms with E-state index >= 15 is 0 Å². The molecular weight excluding hydrogens is 248 g/mol. The van der Waals surface area contributed by atoms with Crippen LogP contribution >= 0.6 is 0 Å². The molecule has 3 heteroatoms. The SMILES string of the molecule is Cc1ccc(CNC(=O)CN2[C@H](C)CCC[C@@H]2C)cc1. The molecule has 1 aromatic carbocycles. The summed E-state index contributed by atoms with van der Waals surface area (Å²) in [6.07, 6.45) is 3.69. The fourth-order valence-corrected chi connectivity index (χ4v) is 2.91. The summed E-state index contributed by atoms with van der Waals surface area (Å²) in [5.74, 6) is 0.131. The van der Waals surface area contributed by atoms with Crippen molar-refractivity contribution in [2.45, 2.75) is 58.7 Å². The van der Waals surface area contributed by atoms with Crippen LogP contribution in [-0.4, -0.2) is 29.4 Å². The highest BCUT2D eigenvalue weighted by Gasteiger charge is 2.26. The maximum Gasteiger partial charge on any atom is 0.234 e. The van der Waals surface area contributed by atoms with Gasteiger partial charge in [-0.05, 0) is 39.2 Å². The largest absolute Gasteiger partial charge is 0.351 e. The number of hydrogen-bond acceptors (Lipinski definition) is 2. The maximum atomic E-state index is 12.1. The first-order valence-electron chi connectivity index (χ1n) is 7.64. The molecule has 2 rings (SSSR count). The molecule has 1 N–H and O–H groups in total. The van der Waals surface area contributed by atoms with Gasteiger partial charge in [0.25, 0.3) is 0 Å². The number of hydrogen-bond donors (Lipinski definition) is 1. The van der Waals surface area contributed by atoms with E-state index in [2.05, 4.69) is 55.3 Å². The lowest BCUT2D eigenvalue weighted by atomic mass is 9.97. The molecule has 1 amide bonds. The number of piperidine rings is 1. The van der Waals surface area contributed by atoms with Gasteiger partial charge in [0, 0.05) is 18.6 Å². The van der Waals surface area contributed by atoms with Crippen LogP contribution in [0, 0.1) is 6.92 Å². The molecule has 3 nitrogen and oxygen atoms in total. The van der Waals surface area contributed by atoms with Gasteiger partial charge >= 0.3 is 0 Å². The van der Waals surface area contributed by atoms with E-state index in [9.17, 15) is 4.79 Å². The van der Waals surface area contributed by atoms with Crippen molar-refractivity contribution in [3.63, 3.8) is 0 Å². The van der Waals surface area contributed by atoms with Crippen molar-refractivity contribution < 1.29 is 4.79 Å². The normalized spacial score (nSPS) is 23.6. The van der Waals surface area contributed by atoms with Gasteiger partial charge in [-0.1, -0.05) is 36.2 Å². The summed E-state index contributed by atoms with van der Waals surface area (Å²) >= 11 is 0. The summed E-state index contributed by atoms with van der Waals surface area (Å²) in [6.45, 7) is 7.66. The van der Waals surface area contributed by atoms with Crippen LogP contribution in [0.25, 0.3) is 0 Å². The summed E-state index contributed by atoms with van der Waals surface area (Å²) in [6, 6.07) is 9.34. The predicted octanol–water partition coefficient (Wildman–Crippen LogP) is 2.87. The van der Waals surface area contributed by atoms with E-state index in [1.165, 1.54) is 24.8 Å². The Kier molecular flexibility index (Phi) is 5.18. The van der Waals surface area contributed by atoms with E-state index < -0.39 is 0 Å². The Bertz CT molecular complexity index is 431. The lowest BCUT2D eigenvalue weighted by Crippen LogP contribution is -2.48. The molecule has 0 spiro atoms. The van der Waals surface area contributed by atoms with E-state index in [4.69, 9.17) is 0 Å². The smallest absolute Gasteiger partial charge is 0.234 e. The lowest BCUT2D eigenvalue weighted by Gasteiger charge is -2.38. The summed E-state index contributed by atoms with van der Waals surface area (Å²) < 4.78 is 0. The van der Waals surface area contributed by atoms with Gasteiger partial charge in [-0.3, -0.25) is 9.69 Å². The highest BCUT2D eigenvalue weighted by Crippen LogP contribution is 2.21. The van der Waals surface area contributed by atoms with Gasteiger partial charge in [-0.15, -0.1) is 0 Å². The van der Waals surface area contributed by atoms with Crippen molar-refractivity contribution in [2.24, 2.45) is 0 Å².